The summed E-state index contributed by atoms with van der Waals surface area (Å²) < 4.78 is 0. The van der Waals surface area contributed by atoms with Gasteiger partial charge in [-0.25, -0.2) is 0 Å². The third-order valence-corrected chi connectivity index (χ3v) is 8.73. The van der Waals surface area contributed by atoms with Crippen molar-refractivity contribution in [2.75, 3.05) is 19.7 Å². The number of hydrogen-bond donors (Lipinski definition) is 9. The van der Waals surface area contributed by atoms with Crippen molar-refractivity contribution in [2.45, 2.75) is 127 Å². The summed E-state index contributed by atoms with van der Waals surface area (Å²) in [4.78, 5) is 0. The van der Waals surface area contributed by atoms with Crippen molar-refractivity contribution >= 4 is 6.08 Å². The highest BCUT2D eigenvalue weighted by molar-refractivity contribution is 5.52. The lowest BCUT2D eigenvalue weighted by atomic mass is 9.81. The van der Waals surface area contributed by atoms with Crippen LogP contribution in [0.15, 0.2) is 54.6 Å². The second-order valence-electron chi connectivity index (χ2n) is 12.5. The summed E-state index contributed by atoms with van der Waals surface area (Å²) in [7, 11) is 0. The minimum atomic E-state index is -0.985. The van der Waals surface area contributed by atoms with E-state index in [0.717, 1.165) is 75.3 Å². The molecule has 0 heterocycles. The van der Waals surface area contributed by atoms with Gasteiger partial charge in [-0.3, -0.25) is 0 Å². The number of hydrogen-bond acceptors (Lipinski definition) is 9. The molecule has 2 aliphatic carbocycles. The molecular formula is C37H62N2O7. The van der Waals surface area contributed by atoms with Crippen LogP contribution in [-0.4, -0.2) is 78.9 Å². The Balaban J connectivity index is 0.000000415. The van der Waals surface area contributed by atoms with Crippen LogP contribution in [-0.2, 0) is 6.42 Å². The zero-order valence-electron chi connectivity index (χ0n) is 27.0. The van der Waals surface area contributed by atoms with Crippen molar-refractivity contribution in [1.82, 2.24) is 0 Å². The summed E-state index contributed by atoms with van der Waals surface area (Å²) in [5.74, 6) is 0. The summed E-state index contributed by atoms with van der Waals surface area (Å²) in [6.45, 7) is 1.98. The van der Waals surface area contributed by atoms with E-state index in [2.05, 4.69) is 0 Å². The SMILES string of the molecule is C.CCO.NC[C@H](O)[C@@H](O)c1cccc(/C=C/C2(O)CCCCC2)c1.NC[C@H](O)[C@@H](O)c1cccc(CCC2(O)CCCCC2)c1. The summed E-state index contributed by atoms with van der Waals surface area (Å²) in [6, 6.07) is 14.9. The Morgan fingerprint density at radius 3 is 1.74 bits per heavy atom. The van der Waals surface area contributed by atoms with E-state index in [1.165, 1.54) is 12.8 Å². The molecule has 11 N–H and O–H groups in total. The molecule has 0 aliphatic heterocycles. The van der Waals surface area contributed by atoms with Gasteiger partial charge in [-0.15, -0.1) is 0 Å². The van der Waals surface area contributed by atoms with Crippen LogP contribution in [0, 0.1) is 0 Å². The molecule has 262 valence electrons. The van der Waals surface area contributed by atoms with Crippen molar-refractivity contribution in [3.05, 3.63) is 76.9 Å². The lowest BCUT2D eigenvalue weighted by molar-refractivity contribution is -0.00347. The van der Waals surface area contributed by atoms with Crippen LogP contribution in [0.5, 0.6) is 0 Å². The predicted molar refractivity (Wildman–Crippen MR) is 186 cm³/mol. The Hall–Kier alpha value is -2.18. The molecule has 2 saturated carbocycles. The van der Waals surface area contributed by atoms with Gasteiger partial charge in [0.1, 0.15) is 12.2 Å². The minimum Gasteiger partial charge on any atom is -0.397 e. The summed E-state index contributed by atoms with van der Waals surface area (Å²) in [5, 5.41) is 67.8. The molecule has 9 nitrogen and oxygen atoms in total. The van der Waals surface area contributed by atoms with Crippen LogP contribution in [0.2, 0.25) is 0 Å². The maximum atomic E-state index is 10.5. The lowest BCUT2D eigenvalue weighted by Crippen LogP contribution is -2.31. The molecule has 0 amide bonds. The molecule has 0 radical (unpaired) electrons. The Kier molecular flexibility index (Phi) is 19.7. The van der Waals surface area contributed by atoms with Crippen LogP contribution in [0.3, 0.4) is 0 Å². The van der Waals surface area contributed by atoms with Crippen LogP contribution in [0.4, 0.5) is 0 Å². The minimum absolute atomic E-state index is 0. The van der Waals surface area contributed by atoms with Crippen molar-refractivity contribution in [2.24, 2.45) is 11.5 Å². The molecule has 4 atom stereocenters. The Labute approximate surface area is 276 Å². The zero-order chi connectivity index (χ0) is 33.3. The fourth-order valence-corrected chi connectivity index (χ4v) is 5.90. The molecule has 0 saturated heterocycles. The first-order chi connectivity index (χ1) is 21.5. The maximum Gasteiger partial charge on any atom is 0.106 e. The van der Waals surface area contributed by atoms with Crippen LogP contribution < -0.4 is 11.5 Å². The average molecular weight is 647 g/mol. The van der Waals surface area contributed by atoms with Gasteiger partial charge >= 0.3 is 0 Å². The topological polar surface area (TPSA) is 194 Å². The van der Waals surface area contributed by atoms with E-state index in [1.54, 1.807) is 19.1 Å². The fraction of sp³-hybridized carbons (Fsp3) is 0.622. The molecule has 2 fully saturated rings. The van der Waals surface area contributed by atoms with Crippen molar-refractivity contribution in [3.63, 3.8) is 0 Å². The first kappa shape index (κ1) is 41.8. The standard InChI is InChI=1S/C17H27NO3.C17H25NO3.C2H6O.CH4/c2*18-12-15(19)16(20)14-6-4-5-13(11-14)7-10-17(21)8-2-1-3-9-17;1-2-3;/h4-6,11,15-16,19-21H,1-3,7-10,12,18H2;4-7,10-11,15-16,19-21H,1-3,8-9,12,18H2;3H,2H2,1H3;1H4/b;10-7+;;/t2*15-,16-;;/m00../s1. The van der Waals surface area contributed by atoms with Gasteiger partial charge in [0.05, 0.1) is 23.4 Å². The average Bonchev–Trinajstić information content (AvgIpc) is 3.06. The summed E-state index contributed by atoms with van der Waals surface area (Å²) in [5.41, 5.74) is 12.8. The highest BCUT2D eigenvalue weighted by Gasteiger charge is 2.29. The molecule has 2 aromatic carbocycles. The molecule has 0 aromatic heterocycles. The van der Waals surface area contributed by atoms with E-state index >= 15 is 0 Å². The maximum absolute atomic E-state index is 10.5. The number of benzene rings is 2. The monoisotopic (exact) mass is 646 g/mol. The molecule has 0 unspecified atom stereocenters. The smallest absolute Gasteiger partial charge is 0.106 e. The Morgan fingerprint density at radius 1 is 0.739 bits per heavy atom. The lowest BCUT2D eigenvalue weighted by Gasteiger charge is -2.32. The van der Waals surface area contributed by atoms with E-state index in [1.807, 2.05) is 48.6 Å². The zero-order valence-corrected chi connectivity index (χ0v) is 27.0. The Bertz CT molecular complexity index is 1120. The predicted octanol–water partition coefficient (Wildman–Crippen LogP) is 4.05. The molecule has 9 heteroatoms. The van der Waals surface area contributed by atoms with Crippen LogP contribution in [0.25, 0.3) is 6.08 Å². The summed E-state index contributed by atoms with van der Waals surface area (Å²) in [6.07, 6.45) is 11.6. The fourth-order valence-electron chi connectivity index (χ4n) is 5.90. The van der Waals surface area contributed by atoms with Gasteiger partial charge < -0.3 is 47.2 Å². The number of aliphatic hydroxyl groups is 7. The highest BCUT2D eigenvalue weighted by atomic mass is 16.3. The third kappa shape index (κ3) is 14.3. The first-order valence-electron chi connectivity index (χ1n) is 16.6. The number of aryl methyl sites for hydroxylation is 1. The van der Waals surface area contributed by atoms with Crippen LogP contribution >= 0.6 is 0 Å². The van der Waals surface area contributed by atoms with Gasteiger partial charge in [0.25, 0.3) is 0 Å². The molecular weight excluding hydrogens is 584 g/mol. The van der Waals surface area contributed by atoms with E-state index in [0.29, 0.717) is 11.1 Å². The molecule has 46 heavy (non-hydrogen) atoms. The largest absolute Gasteiger partial charge is 0.397 e. The van der Waals surface area contributed by atoms with Gasteiger partial charge in [-0.2, -0.15) is 0 Å². The van der Waals surface area contributed by atoms with Gasteiger partial charge in [-0.1, -0.05) is 101 Å². The number of rotatable bonds is 11. The van der Waals surface area contributed by atoms with Crippen molar-refractivity contribution in [1.29, 1.82) is 0 Å². The van der Waals surface area contributed by atoms with Crippen molar-refractivity contribution < 1.29 is 35.7 Å². The molecule has 2 aromatic rings. The van der Waals surface area contributed by atoms with Gasteiger partial charge in [-0.05, 0) is 73.8 Å². The number of nitrogens with two attached hydrogens (primary N) is 2. The van der Waals surface area contributed by atoms with Gasteiger partial charge in [0.2, 0.25) is 0 Å². The van der Waals surface area contributed by atoms with E-state index in [9.17, 15) is 30.6 Å². The normalized spacial score (nSPS) is 19.7. The highest BCUT2D eigenvalue weighted by Crippen LogP contribution is 2.32. The first-order valence-corrected chi connectivity index (χ1v) is 16.6. The van der Waals surface area contributed by atoms with Crippen LogP contribution in [0.1, 0.15) is 119 Å². The van der Waals surface area contributed by atoms with E-state index < -0.39 is 35.6 Å². The van der Waals surface area contributed by atoms with Gasteiger partial charge in [0, 0.05) is 19.7 Å². The second-order valence-corrected chi connectivity index (χ2v) is 12.5. The summed E-state index contributed by atoms with van der Waals surface area (Å²) >= 11 is 0. The second kappa shape index (κ2) is 21.6. The molecule has 0 spiro atoms. The molecule has 4 rings (SSSR count). The van der Waals surface area contributed by atoms with Crippen molar-refractivity contribution in [3.8, 4) is 0 Å². The molecule has 2 aliphatic rings. The molecule has 0 bridgehead atoms. The van der Waals surface area contributed by atoms with E-state index in [-0.39, 0.29) is 27.1 Å². The quantitative estimate of drug-likeness (QED) is 0.173. The van der Waals surface area contributed by atoms with Gasteiger partial charge in [0.15, 0.2) is 0 Å². The third-order valence-electron chi connectivity index (χ3n) is 8.73. The van der Waals surface area contributed by atoms with E-state index in [4.69, 9.17) is 16.6 Å². The number of aliphatic hydroxyl groups excluding tert-OH is 5. The Morgan fingerprint density at radius 2 is 1.22 bits per heavy atom.